The number of amides is 2. The quantitative estimate of drug-likeness (QED) is 0.585. The van der Waals surface area contributed by atoms with Crippen LogP contribution < -0.4 is 20.1 Å². The van der Waals surface area contributed by atoms with Gasteiger partial charge in [-0.3, -0.25) is 9.59 Å². The number of carbonyl (C=O) groups is 2. The van der Waals surface area contributed by atoms with Crippen LogP contribution in [0.5, 0.6) is 11.5 Å². The van der Waals surface area contributed by atoms with Crippen molar-refractivity contribution in [3.05, 3.63) is 48.5 Å². The van der Waals surface area contributed by atoms with Gasteiger partial charge in [0.1, 0.15) is 11.5 Å². The summed E-state index contributed by atoms with van der Waals surface area (Å²) in [6.07, 6.45) is -3.95. The molecule has 0 saturated heterocycles. The number of ether oxygens (including phenoxy) is 2. The van der Waals surface area contributed by atoms with Gasteiger partial charge in [0.15, 0.2) is 12.2 Å². The van der Waals surface area contributed by atoms with Crippen LogP contribution in [-0.4, -0.2) is 48.5 Å². The second kappa shape index (κ2) is 8.84. The van der Waals surface area contributed by atoms with Gasteiger partial charge in [0, 0.05) is 0 Å². The van der Waals surface area contributed by atoms with E-state index in [-0.39, 0.29) is 0 Å². The van der Waals surface area contributed by atoms with Gasteiger partial charge >= 0.3 is 0 Å². The molecule has 138 valence electrons. The van der Waals surface area contributed by atoms with Gasteiger partial charge in [-0.1, -0.05) is 24.3 Å². The number of aliphatic hydroxyl groups is 2. The molecule has 2 aromatic carbocycles. The molecule has 0 aliphatic heterocycles. The molecule has 2 aromatic rings. The molecule has 8 nitrogen and oxygen atoms in total. The Morgan fingerprint density at radius 2 is 1.12 bits per heavy atom. The monoisotopic (exact) mass is 360 g/mol. The molecule has 0 unspecified atom stereocenters. The Kier molecular flexibility index (Phi) is 6.54. The Balaban J connectivity index is 2.04. The molecule has 0 spiro atoms. The molecule has 0 fully saturated rings. The lowest BCUT2D eigenvalue weighted by molar-refractivity contribution is -0.139. The molecule has 0 radical (unpaired) electrons. The van der Waals surface area contributed by atoms with Crippen molar-refractivity contribution < 1.29 is 29.3 Å². The molecule has 0 aliphatic carbocycles. The Morgan fingerprint density at radius 1 is 0.769 bits per heavy atom. The zero-order valence-electron chi connectivity index (χ0n) is 14.3. The van der Waals surface area contributed by atoms with Crippen LogP contribution in [0.15, 0.2) is 48.5 Å². The smallest absolute Gasteiger partial charge is 0.256 e. The fourth-order valence-electron chi connectivity index (χ4n) is 2.20. The normalized spacial score (nSPS) is 12.6. The van der Waals surface area contributed by atoms with Crippen LogP contribution in [0.4, 0.5) is 11.4 Å². The maximum Gasteiger partial charge on any atom is 0.256 e. The first-order chi connectivity index (χ1) is 12.5. The number of para-hydroxylation sites is 4. The molecule has 2 atom stereocenters. The van der Waals surface area contributed by atoms with Crippen LogP contribution in [-0.2, 0) is 9.59 Å². The van der Waals surface area contributed by atoms with Gasteiger partial charge in [-0.25, -0.2) is 0 Å². The lowest BCUT2D eigenvalue weighted by Crippen LogP contribution is -2.45. The SMILES string of the molecule is COc1ccccc1NC(=O)[C@@H](O)[C@@H](O)C(=O)Nc1ccccc1OC. The summed E-state index contributed by atoms with van der Waals surface area (Å²) in [5.74, 6) is -1.14. The highest BCUT2D eigenvalue weighted by Gasteiger charge is 2.31. The number of benzene rings is 2. The summed E-state index contributed by atoms with van der Waals surface area (Å²) in [7, 11) is 2.86. The van der Waals surface area contributed by atoms with Crippen LogP contribution in [0.3, 0.4) is 0 Å². The second-order valence-electron chi connectivity index (χ2n) is 5.27. The van der Waals surface area contributed by atoms with E-state index in [1.807, 2.05) is 0 Å². The van der Waals surface area contributed by atoms with E-state index < -0.39 is 24.0 Å². The average molecular weight is 360 g/mol. The summed E-state index contributed by atoms with van der Waals surface area (Å²) >= 11 is 0. The van der Waals surface area contributed by atoms with Crippen LogP contribution in [0.25, 0.3) is 0 Å². The Bertz CT molecular complexity index is 714. The Labute approximate surface area is 150 Å². The number of carbonyl (C=O) groups excluding carboxylic acids is 2. The van der Waals surface area contributed by atoms with Crippen molar-refractivity contribution in [2.45, 2.75) is 12.2 Å². The summed E-state index contributed by atoms with van der Waals surface area (Å²) in [4.78, 5) is 24.2. The van der Waals surface area contributed by atoms with Crippen molar-refractivity contribution >= 4 is 23.2 Å². The minimum absolute atomic E-state index is 0.302. The summed E-state index contributed by atoms with van der Waals surface area (Å²) in [5, 5.41) is 24.8. The van der Waals surface area contributed by atoms with E-state index in [0.717, 1.165) is 0 Å². The molecule has 2 amide bonds. The van der Waals surface area contributed by atoms with Crippen LogP contribution in [0.2, 0.25) is 0 Å². The van der Waals surface area contributed by atoms with Crippen molar-refractivity contribution in [2.75, 3.05) is 24.9 Å². The maximum absolute atomic E-state index is 12.1. The number of hydrogen-bond acceptors (Lipinski definition) is 6. The van der Waals surface area contributed by atoms with E-state index in [9.17, 15) is 19.8 Å². The highest BCUT2D eigenvalue weighted by molar-refractivity contribution is 6.03. The maximum atomic E-state index is 12.1. The highest BCUT2D eigenvalue weighted by Crippen LogP contribution is 2.24. The molecule has 0 heterocycles. The van der Waals surface area contributed by atoms with Crippen molar-refractivity contribution in [1.82, 2.24) is 0 Å². The Morgan fingerprint density at radius 3 is 1.46 bits per heavy atom. The van der Waals surface area contributed by atoms with E-state index in [2.05, 4.69) is 10.6 Å². The van der Waals surface area contributed by atoms with Crippen molar-refractivity contribution in [2.24, 2.45) is 0 Å². The largest absolute Gasteiger partial charge is 0.495 e. The van der Waals surface area contributed by atoms with Gasteiger partial charge in [0.25, 0.3) is 11.8 Å². The van der Waals surface area contributed by atoms with E-state index in [1.165, 1.54) is 14.2 Å². The number of nitrogens with one attached hydrogen (secondary N) is 2. The van der Waals surface area contributed by atoms with Gasteiger partial charge in [-0.05, 0) is 24.3 Å². The molecule has 4 N–H and O–H groups in total. The third-order valence-electron chi connectivity index (χ3n) is 3.57. The van der Waals surface area contributed by atoms with Crippen molar-refractivity contribution in [3.8, 4) is 11.5 Å². The fourth-order valence-corrected chi connectivity index (χ4v) is 2.20. The molecular formula is C18H20N2O6. The van der Waals surface area contributed by atoms with E-state index in [1.54, 1.807) is 48.5 Å². The van der Waals surface area contributed by atoms with Gasteiger partial charge < -0.3 is 30.3 Å². The van der Waals surface area contributed by atoms with Crippen LogP contribution >= 0.6 is 0 Å². The average Bonchev–Trinajstić information content (AvgIpc) is 2.67. The molecule has 0 saturated carbocycles. The third kappa shape index (κ3) is 4.50. The number of anilines is 2. The van der Waals surface area contributed by atoms with Crippen molar-refractivity contribution in [3.63, 3.8) is 0 Å². The second-order valence-corrected chi connectivity index (χ2v) is 5.27. The van der Waals surface area contributed by atoms with Gasteiger partial charge in [0.05, 0.1) is 25.6 Å². The summed E-state index contributed by atoms with van der Waals surface area (Å²) in [6, 6.07) is 13.1. The number of methoxy groups -OCH3 is 2. The van der Waals surface area contributed by atoms with Crippen molar-refractivity contribution in [1.29, 1.82) is 0 Å². The predicted octanol–water partition coefficient (Wildman–Crippen LogP) is 1.00. The topological polar surface area (TPSA) is 117 Å². The Hall–Kier alpha value is -3.10. The molecule has 26 heavy (non-hydrogen) atoms. The van der Waals surface area contributed by atoms with Crippen LogP contribution in [0.1, 0.15) is 0 Å². The first-order valence-corrected chi connectivity index (χ1v) is 7.71. The lowest BCUT2D eigenvalue weighted by atomic mass is 10.1. The van der Waals surface area contributed by atoms with Gasteiger partial charge in [-0.2, -0.15) is 0 Å². The number of aliphatic hydroxyl groups excluding tert-OH is 2. The van der Waals surface area contributed by atoms with Gasteiger partial charge in [0.2, 0.25) is 0 Å². The van der Waals surface area contributed by atoms with E-state index in [4.69, 9.17) is 9.47 Å². The number of hydrogen-bond donors (Lipinski definition) is 4. The number of rotatable bonds is 7. The minimum atomic E-state index is -1.98. The lowest BCUT2D eigenvalue weighted by Gasteiger charge is -2.18. The zero-order chi connectivity index (χ0) is 19.1. The molecule has 0 bridgehead atoms. The molecule has 2 rings (SSSR count). The van der Waals surface area contributed by atoms with E-state index in [0.29, 0.717) is 22.9 Å². The molecule has 0 aliphatic rings. The highest BCUT2D eigenvalue weighted by atomic mass is 16.5. The summed E-state index contributed by atoms with van der Waals surface area (Å²) < 4.78 is 10.2. The zero-order valence-corrected chi connectivity index (χ0v) is 14.3. The van der Waals surface area contributed by atoms with Crippen LogP contribution in [0, 0.1) is 0 Å². The predicted molar refractivity (Wildman–Crippen MR) is 95.3 cm³/mol. The fraction of sp³-hybridized carbons (Fsp3) is 0.222. The summed E-state index contributed by atoms with van der Waals surface area (Å²) in [6.45, 7) is 0. The standard InChI is InChI=1S/C18H20N2O6/c1-25-13-9-5-3-7-11(13)19-17(23)15(21)16(22)18(24)20-12-8-4-6-10-14(12)26-2/h3-10,15-16,21-22H,1-2H3,(H,19,23)(H,20,24)/t15-,16+. The van der Waals surface area contributed by atoms with Gasteiger partial charge in [-0.15, -0.1) is 0 Å². The van der Waals surface area contributed by atoms with E-state index >= 15 is 0 Å². The molecule has 0 aromatic heterocycles. The molecule has 8 heteroatoms. The first-order valence-electron chi connectivity index (χ1n) is 7.71. The summed E-state index contributed by atoms with van der Waals surface area (Å²) in [5.41, 5.74) is 0.604. The third-order valence-corrected chi connectivity index (χ3v) is 3.57. The first kappa shape index (κ1) is 19.2. The molecular weight excluding hydrogens is 340 g/mol. The minimum Gasteiger partial charge on any atom is -0.495 e.